The van der Waals surface area contributed by atoms with E-state index in [2.05, 4.69) is 27.2 Å². The minimum absolute atomic E-state index is 0.0367. The van der Waals surface area contributed by atoms with Gasteiger partial charge >= 0.3 is 12.1 Å². The number of benzene rings is 2. The molecule has 1 atom stereocenters. The van der Waals surface area contributed by atoms with E-state index in [1.165, 1.54) is 43.6 Å². The van der Waals surface area contributed by atoms with E-state index in [0.717, 1.165) is 23.1 Å². The Bertz CT molecular complexity index is 1350. The number of amides is 2. The number of carbonyl (C=O) groups excluding carboxylic acids is 2. The van der Waals surface area contributed by atoms with Crippen LogP contribution >= 0.6 is 11.6 Å². The molecule has 1 unspecified atom stereocenters. The van der Waals surface area contributed by atoms with Crippen molar-refractivity contribution in [2.24, 2.45) is 0 Å². The van der Waals surface area contributed by atoms with Crippen molar-refractivity contribution in [2.75, 3.05) is 42.7 Å². The molecule has 0 saturated carbocycles. The number of aromatic nitrogens is 2. The van der Waals surface area contributed by atoms with Gasteiger partial charge in [-0.2, -0.15) is 18.2 Å². The second kappa shape index (κ2) is 12.7. The lowest BCUT2D eigenvalue weighted by Crippen LogP contribution is -3.11. The predicted molar refractivity (Wildman–Crippen MR) is 141 cm³/mol. The van der Waals surface area contributed by atoms with Crippen molar-refractivity contribution in [1.82, 2.24) is 9.97 Å². The molecule has 2 amide bonds. The Hall–Kier alpha value is -4.03. The average molecular weight is 566 g/mol. The van der Waals surface area contributed by atoms with Crippen LogP contribution in [0, 0.1) is 5.82 Å². The summed E-state index contributed by atoms with van der Waals surface area (Å²) >= 11 is 6.20. The SMILES string of the molecule is C=CC(=O)N(C)c1cc(Nc2ncc(Cl)c(NCCC[NH+](C)C(=O)c3ccc(C(F)(F)F)cc3)n2)ccc1F. The molecular weight excluding hydrogens is 540 g/mol. The zero-order valence-corrected chi connectivity index (χ0v) is 21.8. The molecule has 0 aliphatic carbocycles. The lowest BCUT2D eigenvalue weighted by atomic mass is 10.1. The van der Waals surface area contributed by atoms with Crippen LogP contribution in [0.3, 0.4) is 0 Å². The van der Waals surface area contributed by atoms with Gasteiger partial charge in [0.2, 0.25) is 11.9 Å². The fourth-order valence-corrected chi connectivity index (χ4v) is 3.67. The number of carbonyl (C=O) groups is 2. The molecule has 0 saturated heterocycles. The minimum Gasteiger partial charge on any atom is -0.368 e. The van der Waals surface area contributed by atoms with Crippen LogP contribution in [-0.4, -0.2) is 49.0 Å². The Morgan fingerprint density at radius 2 is 1.87 bits per heavy atom. The molecule has 8 nitrogen and oxygen atoms in total. The number of quaternary nitrogens is 1. The molecule has 0 aliphatic rings. The Morgan fingerprint density at radius 3 is 2.51 bits per heavy atom. The molecule has 0 fully saturated rings. The van der Waals surface area contributed by atoms with E-state index in [1.807, 2.05) is 0 Å². The van der Waals surface area contributed by atoms with E-state index in [9.17, 15) is 27.2 Å². The third kappa shape index (κ3) is 7.74. The van der Waals surface area contributed by atoms with Gasteiger partial charge in [0.05, 0.1) is 36.6 Å². The van der Waals surface area contributed by atoms with Crippen LogP contribution in [0.15, 0.2) is 61.3 Å². The van der Waals surface area contributed by atoms with Crippen LogP contribution in [0.1, 0.15) is 22.3 Å². The molecule has 39 heavy (non-hydrogen) atoms. The van der Waals surface area contributed by atoms with Gasteiger partial charge in [-0.1, -0.05) is 18.2 Å². The van der Waals surface area contributed by atoms with Crippen molar-refractivity contribution in [3.8, 4) is 0 Å². The van der Waals surface area contributed by atoms with Gasteiger partial charge < -0.3 is 15.5 Å². The Morgan fingerprint density at radius 1 is 1.18 bits per heavy atom. The summed E-state index contributed by atoms with van der Waals surface area (Å²) in [5.41, 5.74) is -0.163. The highest BCUT2D eigenvalue weighted by molar-refractivity contribution is 6.32. The first kappa shape index (κ1) is 29.5. The number of hydrogen-bond donors (Lipinski definition) is 3. The van der Waals surface area contributed by atoms with E-state index in [0.29, 0.717) is 35.9 Å². The topological polar surface area (TPSA) is 91.7 Å². The molecule has 0 aliphatic heterocycles. The second-order valence-electron chi connectivity index (χ2n) is 8.50. The summed E-state index contributed by atoms with van der Waals surface area (Å²) in [5.74, 6) is -0.913. The standard InChI is InChI=1S/C26H25ClF4N6O2/c1-4-22(38)37(3)21-14-18(10-11-20(21)28)34-25-33-15-19(27)23(35-25)32-12-5-13-36(2)24(39)16-6-8-17(9-7-16)26(29,30)31/h4,6-11,14-15H,1,5,12-13H2,2-3H3,(H2,32,33,34,35)/p+1. The number of likely N-dealkylation sites (N-methyl/N-ethyl adjacent to an activating group) is 1. The van der Waals surface area contributed by atoms with E-state index < -0.39 is 23.5 Å². The molecule has 0 radical (unpaired) electrons. The number of hydrogen-bond acceptors (Lipinski definition) is 6. The summed E-state index contributed by atoms with van der Waals surface area (Å²) in [6.07, 6.45) is -1.49. The van der Waals surface area contributed by atoms with Gasteiger partial charge in [-0.05, 0) is 48.5 Å². The minimum atomic E-state index is -4.46. The number of halogens is 5. The molecule has 13 heteroatoms. The summed E-state index contributed by atoms with van der Waals surface area (Å²) < 4.78 is 52.4. The first-order valence-electron chi connectivity index (χ1n) is 11.7. The van der Waals surface area contributed by atoms with Gasteiger partial charge in [0.1, 0.15) is 10.8 Å². The zero-order chi connectivity index (χ0) is 28.7. The summed E-state index contributed by atoms with van der Waals surface area (Å²) in [5, 5.41) is 6.25. The van der Waals surface area contributed by atoms with E-state index in [1.54, 1.807) is 7.05 Å². The van der Waals surface area contributed by atoms with Crippen LogP contribution < -0.4 is 20.4 Å². The maximum Gasteiger partial charge on any atom is 0.416 e. The van der Waals surface area contributed by atoms with Crippen molar-refractivity contribution in [3.63, 3.8) is 0 Å². The van der Waals surface area contributed by atoms with Gasteiger partial charge in [0.25, 0.3) is 0 Å². The Labute approximate surface area is 227 Å². The molecule has 206 valence electrons. The largest absolute Gasteiger partial charge is 0.416 e. The van der Waals surface area contributed by atoms with Crippen molar-refractivity contribution < 1.29 is 32.1 Å². The van der Waals surface area contributed by atoms with Gasteiger partial charge in [-0.15, -0.1) is 0 Å². The summed E-state index contributed by atoms with van der Waals surface area (Å²) in [7, 11) is 3.06. The molecule has 0 spiro atoms. The number of rotatable bonds is 10. The van der Waals surface area contributed by atoms with Gasteiger partial charge in [-0.25, -0.2) is 14.2 Å². The third-order valence-corrected chi connectivity index (χ3v) is 5.97. The maximum atomic E-state index is 14.2. The molecular formula is C26H26ClF4N6O2+. The lowest BCUT2D eigenvalue weighted by molar-refractivity contribution is -0.791. The first-order chi connectivity index (χ1) is 18.4. The molecule has 3 N–H and O–H groups in total. The number of nitrogens with one attached hydrogen (secondary N) is 3. The van der Waals surface area contributed by atoms with E-state index >= 15 is 0 Å². The molecule has 3 rings (SSSR count). The highest BCUT2D eigenvalue weighted by atomic mass is 35.5. The molecule has 0 bridgehead atoms. The second-order valence-corrected chi connectivity index (χ2v) is 8.90. The summed E-state index contributed by atoms with van der Waals surface area (Å²) in [6, 6.07) is 8.19. The number of nitrogens with zero attached hydrogens (tertiary/aromatic N) is 3. The van der Waals surface area contributed by atoms with Gasteiger partial charge in [0, 0.05) is 25.7 Å². The van der Waals surface area contributed by atoms with Crippen molar-refractivity contribution in [1.29, 1.82) is 0 Å². The highest BCUT2D eigenvalue weighted by Gasteiger charge is 2.30. The summed E-state index contributed by atoms with van der Waals surface area (Å²) in [4.78, 5) is 34.4. The summed E-state index contributed by atoms with van der Waals surface area (Å²) in [6.45, 7) is 4.19. The molecule has 1 aromatic heterocycles. The van der Waals surface area contributed by atoms with Crippen LogP contribution in [0.4, 0.5) is 40.7 Å². The van der Waals surface area contributed by atoms with E-state index in [4.69, 9.17) is 11.6 Å². The van der Waals surface area contributed by atoms with Crippen LogP contribution in [0.25, 0.3) is 0 Å². The number of alkyl halides is 3. The van der Waals surface area contributed by atoms with Crippen molar-refractivity contribution >= 4 is 46.6 Å². The van der Waals surface area contributed by atoms with Crippen molar-refractivity contribution in [2.45, 2.75) is 12.6 Å². The zero-order valence-electron chi connectivity index (χ0n) is 21.1. The maximum absolute atomic E-state index is 14.2. The molecule has 1 heterocycles. The quantitative estimate of drug-likeness (QED) is 0.192. The lowest BCUT2D eigenvalue weighted by Gasteiger charge is -2.17. The fraction of sp³-hybridized carbons (Fsp3) is 0.231. The van der Waals surface area contributed by atoms with Crippen LogP contribution in [0.5, 0.6) is 0 Å². The monoisotopic (exact) mass is 565 g/mol. The molecule has 3 aromatic rings. The third-order valence-electron chi connectivity index (χ3n) is 5.70. The average Bonchev–Trinajstić information content (AvgIpc) is 2.91. The normalized spacial score (nSPS) is 12.0. The highest BCUT2D eigenvalue weighted by Crippen LogP contribution is 2.29. The van der Waals surface area contributed by atoms with Gasteiger partial charge in [-0.3, -0.25) is 9.69 Å². The number of anilines is 4. The Balaban J connectivity index is 1.57. The predicted octanol–water partition coefficient (Wildman–Crippen LogP) is 4.34. The van der Waals surface area contributed by atoms with Crippen molar-refractivity contribution in [3.05, 3.63) is 83.3 Å². The van der Waals surface area contributed by atoms with Gasteiger partial charge in [0.15, 0.2) is 5.82 Å². The molecule has 2 aromatic carbocycles. The smallest absolute Gasteiger partial charge is 0.368 e. The van der Waals surface area contributed by atoms with Crippen LogP contribution in [0.2, 0.25) is 5.02 Å². The van der Waals surface area contributed by atoms with E-state index in [-0.39, 0.29) is 28.1 Å². The fourth-order valence-electron chi connectivity index (χ4n) is 3.51. The van der Waals surface area contributed by atoms with Crippen LogP contribution in [-0.2, 0) is 11.0 Å². The Kier molecular flexibility index (Phi) is 9.60. The first-order valence-corrected chi connectivity index (χ1v) is 12.1.